The molecule has 1 aliphatic heterocycles. The van der Waals surface area contributed by atoms with Crippen molar-refractivity contribution in [3.8, 4) is 11.5 Å². The molecular weight excluding hydrogens is 398 g/mol. The number of ether oxygens (including phenoxy) is 4. The Kier molecular flexibility index (Phi) is 7.32. The molecule has 29 heavy (non-hydrogen) atoms. The molecule has 1 heterocycles. The fourth-order valence-corrected chi connectivity index (χ4v) is 3.09. The van der Waals surface area contributed by atoms with Crippen molar-refractivity contribution in [3.05, 3.63) is 58.6 Å². The summed E-state index contributed by atoms with van der Waals surface area (Å²) in [5.41, 5.74) is 1.17. The fraction of sp³-hybridized carbons (Fsp3) is 0.333. The van der Waals surface area contributed by atoms with Crippen LogP contribution in [0, 0.1) is 0 Å². The maximum atomic E-state index is 12.6. The number of halogens is 1. The largest absolute Gasteiger partial charge is 0.486 e. The highest BCUT2D eigenvalue weighted by Crippen LogP contribution is 2.38. The molecule has 7 nitrogen and oxygen atoms in total. The molecule has 0 spiro atoms. The van der Waals surface area contributed by atoms with Gasteiger partial charge in [0.1, 0.15) is 13.2 Å². The van der Waals surface area contributed by atoms with Gasteiger partial charge in [0.25, 0.3) is 5.91 Å². The van der Waals surface area contributed by atoms with Gasteiger partial charge in [-0.25, -0.2) is 4.79 Å². The molecule has 8 heteroatoms. The van der Waals surface area contributed by atoms with Crippen LogP contribution in [0.2, 0.25) is 5.02 Å². The number of hydrogen-bond donors (Lipinski definition) is 0. The number of hydrogen-bond acceptors (Lipinski definition) is 6. The monoisotopic (exact) mass is 419 g/mol. The van der Waals surface area contributed by atoms with Crippen LogP contribution in [-0.4, -0.2) is 56.9 Å². The summed E-state index contributed by atoms with van der Waals surface area (Å²) in [6.07, 6.45) is 0. The molecule has 0 saturated heterocycles. The number of methoxy groups -OCH3 is 1. The van der Waals surface area contributed by atoms with Crippen molar-refractivity contribution in [1.82, 2.24) is 4.90 Å². The zero-order chi connectivity index (χ0) is 20.6. The number of rotatable bonds is 8. The lowest BCUT2D eigenvalue weighted by Crippen LogP contribution is -2.36. The van der Waals surface area contributed by atoms with E-state index in [-0.39, 0.29) is 23.1 Å². The second-order valence-electron chi connectivity index (χ2n) is 6.35. The SMILES string of the molecule is COCCN(Cc1ccccc1)C(=O)COC(=O)c1cc(Cl)c2c(c1)OCCO2. The Hall–Kier alpha value is -2.77. The molecule has 0 N–H and O–H groups in total. The smallest absolute Gasteiger partial charge is 0.338 e. The van der Waals surface area contributed by atoms with E-state index in [2.05, 4.69) is 0 Å². The van der Waals surface area contributed by atoms with Gasteiger partial charge >= 0.3 is 5.97 Å². The van der Waals surface area contributed by atoms with Crippen molar-refractivity contribution in [2.24, 2.45) is 0 Å². The molecule has 0 bridgehead atoms. The van der Waals surface area contributed by atoms with E-state index in [4.69, 9.17) is 30.5 Å². The third-order valence-electron chi connectivity index (χ3n) is 4.29. The quantitative estimate of drug-likeness (QED) is 0.612. The molecule has 0 aliphatic carbocycles. The number of nitrogens with zero attached hydrogens (tertiary/aromatic N) is 1. The number of carbonyl (C=O) groups excluding carboxylic acids is 2. The van der Waals surface area contributed by atoms with Crippen molar-refractivity contribution in [3.63, 3.8) is 0 Å². The molecule has 0 aromatic heterocycles. The lowest BCUT2D eigenvalue weighted by molar-refractivity contribution is -0.135. The summed E-state index contributed by atoms with van der Waals surface area (Å²) in [6, 6.07) is 12.5. The van der Waals surface area contributed by atoms with Crippen molar-refractivity contribution in [1.29, 1.82) is 0 Å². The summed E-state index contributed by atoms with van der Waals surface area (Å²) in [4.78, 5) is 26.6. The molecule has 0 radical (unpaired) electrons. The maximum absolute atomic E-state index is 12.6. The molecular formula is C21H22ClNO6. The second kappa shape index (κ2) is 10.1. The maximum Gasteiger partial charge on any atom is 0.338 e. The Morgan fingerprint density at radius 3 is 2.66 bits per heavy atom. The van der Waals surface area contributed by atoms with Crippen LogP contribution in [0.25, 0.3) is 0 Å². The highest BCUT2D eigenvalue weighted by Gasteiger charge is 2.21. The summed E-state index contributed by atoms with van der Waals surface area (Å²) in [5.74, 6) is -0.196. The van der Waals surface area contributed by atoms with Gasteiger partial charge in [-0.3, -0.25) is 4.79 Å². The van der Waals surface area contributed by atoms with E-state index in [1.807, 2.05) is 30.3 Å². The van der Waals surface area contributed by atoms with Crippen molar-refractivity contribution in [2.45, 2.75) is 6.54 Å². The predicted octanol–water partition coefficient (Wildman–Crippen LogP) is 2.94. The molecule has 0 fully saturated rings. The average molecular weight is 420 g/mol. The molecule has 154 valence electrons. The lowest BCUT2D eigenvalue weighted by Gasteiger charge is -2.22. The molecule has 2 aromatic rings. The summed E-state index contributed by atoms with van der Waals surface area (Å²) >= 11 is 6.15. The first-order chi connectivity index (χ1) is 14.1. The Morgan fingerprint density at radius 1 is 1.14 bits per heavy atom. The molecule has 0 atom stereocenters. The van der Waals surface area contributed by atoms with Gasteiger partial charge in [0.15, 0.2) is 18.1 Å². The highest BCUT2D eigenvalue weighted by molar-refractivity contribution is 6.32. The van der Waals surface area contributed by atoms with Gasteiger partial charge in [0, 0.05) is 20.2 Å². The van der Waals surface area contributed by atoms with E-state index in [0.29, 0.717) is 44.4 Å². The van der Waals surface area contributed by atoms with Gasteiger partial charge in [-0.2, -0.15) is 0 Å². The van der Waals surface area contributed by atoms with Gasteiger partial charge in [-0.15, -0.1) is 0 Å². The van der Waals surface area contributed by atoms with Crippen molar-refractivity contribution >= 4 is 23.5 Å². The van der Waals surface area contributed by atoms with Crippen LogP contribution in [0.5, 0.6) is 11.5 Å². The Balaban J connectivity index is 1.62. The summed E-state index contributed by atoms with van der Waals surface area (Å²) in [6.45, 7) is 1.54. The van der Waals surface area contributed by atoms with E-state index in [1.54, 1.807) is 12.0 Å². The van der Waals surface area contributed by atoms with Crippen LogP contribution in [-0.2, 0) is 20.8 Å². The van der Waals surface area contributed by atoms with Crippen LogP contribution in [0.15, 0.2) is 42.5 Å². The molecule has 3 rings (SSSR count). The van der Waals surface area contributed by atoms with E-state index >= 15 is 0 Å². The number of amides is 1. The van der Waals surface area contributed by atoms with Crippen LogP contribution in [0.3, 0.4) is 0 Å². The van der Waals surface area contributed by atoms with Gasteiger partial charge in [-0.1, -0.05) is 41.9 Å². The molecule has 0 unspecified atom stereocenters. The zero-order valence-corrected chi connectivity index (χ0v) is 16.8. The minimum absolute atomic E-state index is 0.193. The van der Waals surface area contributed by atoms with Crippen LogP contribution in [0.4, 0.5) is 0 Å². The van der Waals surface area contributed by atoms with E-state index < -0.39 is 5.97 Å². The first-order valence-corrected chi connectivity index (χ1v) is 9.53. The van der Waals surface area contributed by atoms with Crippen LogP contribution in [0.1, 0.15) is 15.9 Å². The number of benzene rings is 2. The summed E-state index contributed by atoms with van der Waals surface area (Å²) in [5, 5.41) is 0.256. The van der Waals surface area contributed by atoms with Crippen LogP contribution >= 0.6 is 11.6 Å². The normalized spacial score (nSPS) is 12.3. The Morgan fingerprint density at radius 2 is 1.90 bits per heavy atom. The van der Waals surface area contributed by atoms with Gasteiger partial charge < -0.3 is 23.8 Å². The van der Waals surface area contributed by atoms with Crippen LogP contribution < -0.4 is 9.47 Å². The first kappa shape index (κ1) is 21.0. The van der Waals surface area contributed by atoms with Gasteiger partial charge in [0.05, 0.1) is 17.2 Å². The number of fused-ring (bicyclic) bond motifs is 1. The summed E-state index contributed by atoms with van der Waals surface area (Å²) in [7, 11) is 1.57. The molecule has 1 aliphatic rings. The molecule has 2 aromatic carbocycles. The predicted molar refractivity (Wildman–Crippen MR) is 106 cm³/mol. The summed E-state index contributed by atoms with van der Waals surface area (Å²) < 4.78 is 21.2. The number of esters is 1. The Labute approximate surface area is 174 Å². The van der Waals surface area contributed by atoms with Gasteiger partial charge in [-0.05, 0) is 17.7 Å². The number of carbonyl (C=O) groups is 2. The molecule has 0 saturated carbocycles. The standard InChI is InChI=1S/C21H22ClNO6/c1-26-8-7-23(13-15-5-3-2-4-6-15)19(24)14-29-21(25)16-11-17(22)20-18(12-16)27-9-10-28-20/h2-6,11-12H,7-10,13-14H2,1H3. The fourth-order valence-electron chi connectivity index (χ4n) is 2.83. The third-order valence-corrected chi connectivity index (χ3v) is 4.57. The topological polar surface area (TPSA) is 74.3 Å². The zero-order valence-electron chi connectivity index (χ0n) is 16.1. The Bertz CT molecular complexity index is 858. The van der Waals surface area contributed by atoms with Crippen molar-refractivity contribution in [2.75, 3.05) is 40.1 Å². The van der Waals surface area contributed by atoms with Gasteiger partial charge in [0.2, 0.25) is 0 Å². The average Bonchev–Trinajstić information content (AvgIpc) is 2.75. The second-order valence-corrected chi connectivity index (χ2v) is 6.76. The third kappa shape index (κ3) is 5.62. The first-order valence-electron chi connectivity index (χ1n) is 9.15. The van der Waals surface area contributed by atoms with E-state index in [9.17, 15) is 9.59 Å². The minimum atomic E-state index is -0.663. The minimum Gasteiger partial charge on any atom is -0.486 e. The van der Waals surface area contributed by atoms with E-state index in [1.165, 1.54) is 12.1 Å². The highest BCUT2D eigenvalue weighted by atomic mass is 35.5. The molecule has 1 amide bonds. The lowest BCUT2D eigenvalue weighted by atomic mass is 10.2. The van der Waals surface area contributed by atoms with Crippen molar-refractivity contribution < 1.29 is 28.5 Å². The van der Waals surface area contributed by atoms with E-state index in [0.717, 1.165) is 5.56 Å².